The molecule has 1 aromatic rings. The van der Waals surface area contributed by atoms with E-state index in [1.807, 2.05) is 13.8 Å². The molecule has 0 radical (unpaired) electrons. The Morgan fingerprint density at radius 2 is 1.92 bits per heavy atom. The fourth-order valence-corrected chi connectivity index (χ4v) is 3.42. The first-order valence-electron chi connectivity index (χ1n) is 8.23. The van der Waals surface area contributed by atoms with Gasteiger partial charge in [0.25, 0.3) is 0 Å². The number of aryl methyl sites for hydroxylation is 1. The van der Waals surface area contributed by atoms with Gasteiger partial charge < -0.3 is 14.8 Å². The summed E-state index contributed by atoms with van der Waals surface area (Å²) in [5, 5.41) is 2.69. The van der Waals surface area contributed by atoms with Gasteiger partial charge in [-0.05, 0) is 57.9 Å². The van der Waals surface area contributed by atoms with Crippen LogP contribution < -0.4 is 14.8 Å². The minimum Gasteiger partial charge on any atom is -0.496 e. The van der Waals surface area contributed by atoms with Gasteiger partial charge in [0.1, 0.15) is 5.75 Å². The highest BCUT2D eigenvalue weighted by molar-refractivity contribution is 7.89. The number of carbonyl (C=O) groups is 1. The van der Waals surface area contributed by atoms with Gasteiger partial charge in [0, 0.05) is 13.2 Å². The number of benzene rings is 1. The van der Waals surface area contributed by atoms with Gasteiger partial charge in [0.05, 0.1) is 24.2 Å². The van der Waals surface area contributed by atoms with E-state index in [9.17, 15) is 13.2 Å². The quantitative estimate of drug-likeness (QED) is 0.609. The second-order valence-corrected chi connectivity index (χ2v) is 7.75. The Balaban J connectivity index is 2.58. The summed E-state index contributed by atoms with van der Waals surface area (Å²) in [4.78, 5) is 12.1. The molecule has 8 heteroatoms. The summed E-state index contributed by atoms with van der Waals surface area (Å²) in [5.41, 5.74) is 0.702. The fraction of sp³-hybridized carbons (Fsp3) is 0.588. The van der Waals surface area contributed by atoms with Gasteiger partial charge in [-0.3, -0.25) is 4.79 Å². The Labute approximate surface area is 150 Å². The van der Waals surface area contributed by atoms with Crippen LogP contribution in [-0.2, 0) is 19.6 Å². The molecule has 1 rings (SSSR count). The van der Waals surface area contributed by atoms with Crippen LogP contribution in [0, 0.1) is 6.92 Å². The highest BCUT2D eigenvalue weighted by Gasteiger charge is 2.22. The van der Waals surface area contributed by atoms with Crippen LogP contribution in [0.3, 0.4) is 0 Å². The van der Waals surface area contributed by atoms with Crippen LogP contribution in [0.25, 0.3) is 0 Å². The maximum atomic E-state index is 12.4. The van der Waals surface area contributed by atoms with E-state index in [1.54, 1.807) is 13.0 Å². The van der Waals surface area contributed by atoms with E-state index < -0.39 is 16.1 Å². The van der Waals surface area contributed by atoms with Crippen molar-refractivity contribution in [2.24, 2.45) is 0 Å². The van der Waals surface area contributed by atoms with Crippen molar-refractivity contribution in [3.63, 3.8) is 0 Å². The number of amides is 1. The number of hydrogen-bond donors (Lipinski definition) is 2. The van der Waals surface area contributed by atoms with Gasteiger partial charge in [-0.1, -0.05) is 0 Å². The van der Waals surface area contributed by atoms with E-state index in [0.717, 1.165) is 0 Å². The SMILES string of the molecule is COc1ccc(S(=O)(=O)N[C@H](C)C(=O)NCCCOC(C)C)cc1C. The lowest BCUT2D eigenvalue weighted by atomic mass is 10.2. The van der Waals surface area contributed by atoms with E-state index in [2.05, 4.69) is 10.0 Å². The predicted molar refractivity (Wildman–Crippen MR) is 96.2 cm³/mol. The molecule has 1 atom stereocenters. The third-order valence-electron chi connectivity index (χ3n) is 3.47. The molecule has 2 N–H and O–H groups in total. The normalized spacial score (nSPS) is 12.9. The van der Waals surface area contributed by atoms with Gasteiger partial charge >= 0.3 is 0 Å². The lowest BCUT2D eigenvalue weighted by molar-refractivity contribution is -0.122. The van der Waals surface area contributed by atoms with E-state index >= 15 is 0 Å². The van der Waals surface area contributed by atoms with E-state index in [1.165, 1.54) is 26.2 Å². The number of rotatable bonds is 10. The highest BCUT2D eigenvalue weighted by atomic mass is 32.2. The zero-order chi connectivity index (χ0) is 19.0. The molecule has 7 nitrogen and oxygen atoms in total. The standard InChI is InChI=1S/C17H28N2O5S/c1-12(2)24-10-6-9-18-17(20)14(4)19-25(21,22)15-7-8-16(23-5)13(3)11-15/h7-8,11-12,14,19H,6,9-10H2,1-5H3,(H,18,20)/t14-/m1/s1. The van der Waals surface area contributed by atoms with Crippen molar-refractivity contribution < 1.29 is 22.7 Å². The smallest absolute Gasteiger partial charge is 0.241 e. The summed E-state index contributed by atoms with van der Waals surface area (Å²) < 4.78 is 37.7. The fourth-order valence-electron chi connectivity index (χ4n) is 2.13. The Bertz CT molecular complexity index is 674. The first kappa shape index (κ1) is 21.4. The average Bonchev–Trinajstić information content (AvgIpc) is 2.53. The molecule has 0 aliphatic carbocycles. The minimum atomic E-state index is -3.79. The average molecular weight is 372 g/mol. The van der Waals surface area contributed by atoms with Crippen molar-refractivity contribution in [1.29, 1.82) is 0 Å². The van der Waals surface area contributed by atoms with Gasteiger partial charge in [-0.15, -0.1) is 0 Å². The maximum absolute atomic E-state index is 12.4. The second-order valence-electron chi connectivity index (χ2n) is 6.04. The molecule has 0 saturated heterocycles. The zero-order valence-corrected chi connectivity index (χ0v) is 16.3. The molecule has 0 saturated carbocycles. The van der Waals surface area contributed by atoms with Gasteiger partial charge in [-0.2, -0.15) is 4.72 Å². The number of ether oxygens (including phenoxy) is 2. The summed E-state index contributed by atoms with van der Waals surface area (Å²) in [5.74, 6) is 0.228. The van der Waals surface area contributed by atoms with Gasteiger partial charge in [-0.25, -0.2) is 8.42 Å². The van der Waals surface area contributed by atoms with Crippen LogP contribution in [0.5, 0.6) is 5.75 Å². The zero-order valence-electron chi connectivity index (χ0n) is 15.5. The molecule has 0 aromatic heterocycles. The molecular weight excluding hydrogens is 344 g/mol. The van der Waals surface area contributed by atoms with Crippen LogP contribution in [0.15, 0.2) is 23.1 Å². The van der Waals surface area contributed by atoms with Crippen LogP contribution >= 0.6 is 0 Å². The van der Waals surface area contributed by atoms with Crippen LogP contribution in [0.4, 0.5) is 0 Å². The summed E-state index contributed by atoms with van der Waals surface area (Å²) in [6, 6.07) is 3.67. The third-order valence-corrected chi connectivity index (χ3v) is 5.01. The van der Waals surface area contributed by atoms with Crippen molar-refractivity contribution in [1.82, 2.24) is 10.0 Å². The first-order valence-corrected chi connectivity index (χ1v) is 9.72. The van der Waals surface area contributed by atoms with E-state index in [0.29, 0.717) is 30.9 Å². The van der Waals surface area contributed by atoms with Crippen molar-refractivity contribution >= 4 is 15.9 Å². The Morgan fingerprint density at radius 1 is 1.24 bits per heavy atom. The van der Waals surface area contributed by atoms with Crippen molar-refractivity contribution in [2.75, 3.05) is 20.3 Å². The van der Waals surface area contributed by atoms with Crippen LogP contribution in [0.2, 0.25) is 0 Å². The number of nitrogens with one attached hydrogen (secondary N) is 2. The molecule has 0 aliphatic rings. The minimum absolute atomic E-state index is 0.0933. The summed E-state index contributed by atoms with van der Waals surface area (Å²) >= 11 is 0. The monoisotopic (exact) mass is 372 g/mol. The maximum Gasteiger partial charge on any atom is 0.241 e. The third kappa shape index (κ3) is 7.01. The van der Waals surface area contributed by atoms with Crippen molar-refractivity contribution in [3.8, 4) is 5.75 Å². The van der Waals surface area contributed by atoms with Crippen molar-refractivity contribution in [3.05, 3.63) is 23.8 Å². The van der Waals surface area contributed by atoms with Gasteiger partial charge in [0.15, 0.2) is 0 Å². The Hall–Kier alpha value is -1.64. The second kappa shape index (κ2) is 9.74. The highest BCUT2D eigenvalue weighted by Crippen LogP contribution is 2.21. The molecule has 0 spiro atoms. The van der Waals surface area contributed by atoms with E-state index in [4.69, 9.17) is 9.47 Å². The molecule has 1 aromatic carbocycles. The van der Waals surface area contributed by atoms with E-state index in [-0.39, 0.29) is 16.9 Å². The number of sulfonamides is 1. The molecule has 0 aliphatic heterocycles. The predicted octanol–water partition coefficient (Wildman–Crippen LogP) is 1.60. The number of carbonyl (C=O) groups excluding carboxylic acids is 1. The molecular formula is C17H28N2O5S. The van der Waals surface area contributed by atoms with Crippen LogP contribution in [0.1, 0.15) is 32.8 Å². The summed E-state index contributed by atoms with van der Waals surface area (Å²) in [6.07, 6.45) is 0.815. The van der Waals surface area contributed by atoms with Crippen LogP contribution in [-0.4, -0.2) is 46.7 Å². The molecule has 0 unspecified atom stereocenters. The molecule has 1 amide bonds. The topological polar surface area (TPSA) is 93.7 Å². The largest absolute Gasteiger partial charge is 0.496 e. The summed E-state index contributed by atoms with van der Waals surface area (Å²) in [7, 11) is -2.27. The molecule has 0 heterocycles. The Morgan fingerprint density at radius 3 is 2.48 bits per heavy atom. The Kier molecular flexibility index (Phi) is 8.34. The molecule has 0 bridgehead atoms. The number of hydrogen-bond acceptors (Lipinski definition) is 5. The first-order chi connectivity index (χ1) is 11.7. The lowest BCUT2D eigenvalue weighted by Gasteiger charge is -2.15. The molecule has 25 heavy (non-hydrogen) atoms. The molecule has 142 valence electrons. The summed E-state index contributed by atoms with van der Waals surface area (Å²) in [6.45, 7) is 8.12. The van der Waals surface area contributed by atoms with Gasteiger partial charge in [0.2, 0.25) is 15.9 Å². The van der Waals surface area contributed by atoms with Crippen molar-refractivity contribution in [2.45, 2.75) is 51.2 Å². The molecule has 0 fully saturated rings. The lowest BCUT2D eigenvalue weighted by Crippen LogP contribution is -2.45. The number of methoxy groups -OCH3 is 1.